The first kappa shape index (κ1) is 13.6. The van der Waals surface area contributed by atoms with E-state index < -0.39 is 5.97 Å². The molecule has 5 nitrogen and oxygen atoms in total. The third kappa shape index (κ3) is 3.59. The van der Waals surface area contributed by atoms with Gasteiger partial charge in [-0.15, -0.1) is 0 Å². The Morgan fingerprint density at radius 1 is 1.53 bits per heavy atom. The molecule has 2 rings (SSSR count). The van der Waals surface area contributed by atoms with Gasteiger partial charge in [-0.05, 0) is 37.8 Å². The summed E-state index contributed by atoms with van der Waals surface area (Å²) in [5.74, 6) is -1.21. The van der Waals surface area contributed by atoms with Crippen LogP contribution in [0.15, 0.2) is 18.3 Å². The minimum atomic E-state index is -0.783. The van der Waals surface area contributed by atoms with E-state index in [0.29, 0.717) is 31.1 Å². The standard InChI is InChI=1S/C14H20N2O3/c1-10(14(18)19)4-2-8-15-13(17)12-5-3-9-16(12)11-6-7-11/h3,5,9-11H,2,4,6-8H2,1H3,(H,15,17)(H,18,19). The molecule has 0 aliphatic heterocycles. The van der Waals surface area contributed by atoms with Crippen LogP contribution in [0.25, 0.3) is 0 Å². The number of hydrogen-bond acceptors (Lipinski definition) is 2. The average Bonchev–Trinajstić information content (AvgIpc) is 3.11. The lowest BCUT2D eigenvalue weighted by Gasteiger charge is -2.09. The van der Waals surface area contributed by atoms with Crippen LogP contribution in [-0.4, -0.2) is 28.1 Å². The van der Waals surface area contributed by atoms with E-state index in [1.807, 2.05) is 22.9 Å². The van der Waals surface area contributed by atoms with Crippen molar-refractivity contribution in [1.29, 1.82) is 0 Å². The molecule has 0 spiro atoms. The smallest absolute Gasteiger partial charge is 0.306 e. The number of hydrogen-bond donors (Lipinski definition) is 2. The zero-order valence-electron chi connectivity index (χ0n) is 11.1. The number of aliphatic carboxylic acids is 1. The highest BCUT2D eigenvalue weighted by Crippen LogP contribution is 2.35. The molecule has 1 amide bonds. The summed E-state index contributed by atoms with van der Waals surface area (Å²) in [6, 6.07) is 4.20. The summed E-state index contributed by atoms with van der Waals surface area (Å²) in [5.41, 5.74) is 0.703. The van der Waals surface area contributed by atoms with Crippen LogP contribution < -0.4 is 5.32 Å². The SMILES string of the molecule is CC(CCCNC(=O)c1cccn1C1CC1)C(=O)O. The lowest BCUT2D eigenvalue weighted by atomic mass is 10.1. The summed E-state index contributed by atoms with van der Waals surface area (Å²) >= 11 is 0. The van der Waals surface area contributed by atoms with Crippen molar-refractivity contribution in [2.45, 2.75) is 38.6 Å². The molecule has 1 heterocycles. The second-order valence-electron chi connectivity index (χ2n) is 5.17. The topological polar surface area (TPSA) is 71.3 Å². The Balaban J connectivity index is 1.75. The number of aromatic nitrogens is 1. The van der Waals surface area contributed by atoms with Crippen LogP contribution >= 0.6 is 0 Å². The molecule has 2 N–H and O–H groups in total. The summed E-state index contributed by atoms with van der Waals surface area (Å²) in [7, 11) is 0. The van der Waals surface area contributed by atoms with E-state index in [-0.39, 0.29) is 11.8 Å². The molecule has 19 heavy (non-hydrogen) atoms. The third-order valence-corrected chi connectivity index (χ3v) is 3.47. The van der Waals surface area contributed by atoms with E-state index in [1.165, 1.54) is 0 Å². The number of nitrogens with one attached hydrogen (secondary N) is 1. The lowest BCUT2D eigenvalue weighted by molar-refractivity contribution is -0.141. The van der Waals surface area contributed by atoms with Gasteiger partial charge < -0.3 is 15.0 Å². The zero-order chi connectivity index (χ0) is 13.8. The fourth-order valence-corrected chi connectivity index (χ4v) is 2.08. The molecule has 0 bridgehead atoms. The molecule has 1 atom stereocenters. The van der Waals surface area contributed by atoms with Gasteiger partial charge in [0.2, 0.25) is 0 Å². The van der Waals surface area contributed by atoms with Crippen molar-refractivity contribution in [2.75, 3.05) is 6.54 Å². The quantitative estimate of drug-likeness (QED) is 0.740. The largest absolute Gasteiger partial charge is 0.481 e. The van der Waals surface area contributed by atoms with Gasteiger partial charge >= 0.3 is 5.97 Å². The molecule has 104 valence electrons. The lowest BCUT2D eigenvalue weighted by Crippen LogP contribution is -2.27. The van der Waals surface area contributed by atoms with Crippen LogP contribution in [0.3, 0.4) is 0 Å². The zero-order valence-corrected chi connectivity index (χ0v) is 11.1. The molecule has 1 saturated carbocycles. The first-order chi connectivity index (χ1) is 9.09. The number of carboxylic acid groups (broad SMARTS) is 1. The first-order valence-electron chi connectivity index (χ1n) is 6.77. The minimum Gasteiger partial charge on any atom is -0.481 e. The second kappa shape index (κ2) is 5.91. The number of carbonyl (C=O) groups is 2. The highest BCUT2D eigenvalue weighted by Gasteiger charge is 2.26. The van der Waals surface area contributed by atoms with E-state index in [2.05, 4.69) is 5.32 Å². The van der Waals surface area contributed by atoms with Crippen LogP contribution in [0.4, 0.5) is 0 Å². The predicted octanol–water partition coefficient (Wildman–Crippen LogP) is 2.05. The average molecular weight is 264 g/mol. The number of rotatable bonds is 7. The van der Waals surface area contributed by atoms with E-state index >= 15 is 0 Å². The number of carboxylic acids is 1. The molecule has 5 heteroatoms. The maximum absolute atomic E-state index is 12.0. The van der Waals surface area contributed by atoms with Gasteiger partial charge in [0, 0.05) is 18.8 Å². The second-order valence-corrected chi connectivity index (χ2v) is 5.17. The highest BCUT2D eigenvalue weighted by molar-refractivity contribution is 5.92. The van der Waals surface area contributed by atoms with Gasteiger partial charge in [0.05, 0.1) is 5.92 Å². The summed E-state index contributed by atoms with van der Waals surface area (Å²) < 4.78 is 2.02. The normalized spacial score (nSPS) is 16.1. The van der Waals surface area contributed by atoms with Crippen LogP contribution in [0.5, 0.6) is 0 Å². The first-order valence-corrected chi connectivity index (χ1v) is 6.77. The van der Waals surface area contributed by atoms with E-state index in [1.54, 1.807) is 6.92 Å². The van der Waals surface area contributed by atoms with Crippen LogP contribution in [0, 0.1) is 5.92 Å². The monoisotopic (exact) mass is 264 g/mol. The maximum Gasteiger partial charge on any atom is 0.306 e. The predicted molar refractivity (Wildman–Crippen MR) is 71.1 cm³/mol. The minimum absolute atomic E-state index is 0.0696. The van der Waals surface area contributed by atoms with E-state index in [9.17, 15) is 9.59 Å². The maximum atomic E-state index is 12.0. The Morgan fingerprint density at radius 3 is 2.89 bits per heavy atom. The van der Waals surface area contributed by atoms with Gasteiger partial charge in [-0.3, -0.25) is 9.59 Å². The number of nitrogens with zero attached hydrogens (tertiary/aromatic N) is 1. The molecule has 1 fully saturated rings. The van der Waals surface area contributed by atoms with Crippen molar-refractivity contribution < 1.29 is 14.7 Å². The van der Waals surface area contributed by atoms with E-state index in [0.717, 1.165) is 12.8 Å². The summed E-state index contributed by atoms with van der Waals surface area (Å²) in [4.78, 5) is 22.6. The Bertz CT molecular complexity index is 463. The molecule has 0 saturated heterocycles. The molecular weight excluding hydrogens is 244 g/mol. The van der Waals surface area contributed by atoms with Crippen molar-refractivity contribution in [3.8, 4) is 0 Å². The molecule has 0 radical (unpaired) electrons. The fraction of sp³-hybridized carbons (Fsp3) is 0.571. The summed E-state index contributed by atoms with van der Waals surface area (Å²) in [6.45, 7) is 2.20. The Labute approximate surface area is 112 Å². The molecular formula is C14H20N2O3. The molecule has 1 aromatic rings. The van der Waals surface area contributed by atoms with Gasteiger partial charge in [0.25, 0.3) is 5.91 Å². The van der Waals surface area contributed by atoms with Gasteiger partial charge in [-0.1, -0.05) is 6.92 Å². The van der Waals surface area contributed by atoms with Crippen LogP contribution in [0.2, 0.25) is 0 Å². The van der Waals surface area contributed by atoms with Crippen molar-refractivity contribution in [2.24, 2.45) is 5.92 Å². The van der Waals surface area contributed by atoms with Gasteiger partial charge in [-0.2, -0.15) is 0 Å². The van der Waals surface area contributed by atoms with Gasteiger partial charge in [0.1, 0.15) is 5.69 Å². The van der Waals surface area contributed by atoms with Gasteiger partial charge in [-0.25, -0.2) is 0 Å². The van der Waals surface area contributed by atoms with Crippen molar-refractivity contribution in [3.05, 3.63) is 24.0 Å². The van der Waals surface area contributed by atoms with Crippen LogP contribution in [0.1, 0.15) is 49.1 Å². The molecule has 1 unspecified atom stereocenters. The summed E-state index contributed by atoms with van der Waals surface area (Å²) in [5, 5.41) is 11.6. The van der Waals surface area contributed by atoms with Crippen molar-refractivity contribution in [3.63, 3.8) is 0 Å². The molecule has 1 aliphatic carbocycles. The highest BCUT2D eigenvalue weighted by atomic mass is 16.4. The third-order valence-electron chi connectivity index (χ3n) is 3.47. The van der Waals surface area contributed by atoms with Crippen molar-refractivity contribution >= 4 is 11.9 Å². The van der Waals surface area contributed by atoms with Gasteiger partial charge in [0.15, 0.2) is 0 Å². The van der Waals surface area contributed by atoms with Crippen molar-refractivity contribution in [1.82, 2.24) is 9.88 Å². The Hall–Kier alpha value is -1.78. The fourth-order valence-electron chi connectivity index (χ4n) is 2.08. The Kier molecular flexibility index (Phi) is 4.24. The molecule has 1 aliphatic rings. The number of carbonyl (C=O) groups excluding carboxylic acids is 1. The molecule has 0 aromatic carbocycles. The van der Waals surface area contributed by atoms with Crippen LogP contribution in [-0.2, 0) is 4.79 Å². The molecule has 1 aromatic heterocycles. The Morgan fingerprint density at radius 2 is 2.26 bits per heavy atom. The number of amides is 1. The van der Waals surface area contributed by atoms with E-state index in [4.69, 9.17) is 5.11 Å². The summed E-state index contributed by atoms with van der Waals surface area (Å²) in [6.07, 6.45) is 5.50.